The second-order valence-corrected chi connectivity index (χ2v) is 3.79. The third-order valence-electron chi connectivity index (χ3n) is 2.30. The zero-order valence-electron chi connectivity index (χ0n) is 9.73. The Balaban J connectivity index is 3.22. The predicted molar refractivity (Wildman–Crippen MR) is 63.8 cm³/mol. The summed E-state index contributed by atoms with van der Waals surface area (Å²) in [4.78, 5) is 10.5. The summed E-state index contributed by atoms with van der Waals surface area (Å²) in [6.07, 6.45) is 2.74. The minimum absolute atomic E-state index is 0.282. The average molecular weight is 220 g/mol. The molecule has 0 atom stereocenters. The van der Waals surface area contributed by atoms with Crippen LogP contribution in [-0.2, 0) is 4.79 Å². The molecule has 0 heterocycles. The smallest absolute Gasteiger partial charge is 0.328 e. The average Bonchev–Trinajstić information content (AvgIpc) is 2.25. The summed E-state index contributed by atoms with van der Waals surface area (Å²) in [5.74, 6) is 0.129. The van der Waals surface area contributed by atoms with E-state index in [2.05, 4.69) is 13.8 Å². The van der Waals surface area contributed by atoms with Gasteiger partial charge in [0.05, 0.1) is 7.11 Å². The summed E-state index contributed by atoms with van der Waals surface area (Å²) in [6.45, 7) is 4.10. The topological polar surface area (TPSA) is 46.5 Å². The highest BCUT2D eigenvalue weighted by molar-refractivity contribution is 5.85. The molecule has 86 valence electrons. The molecule has 1 rings (SSSR count). The van der Waals surface area contributed by atoms with E-state index in [4.69, 9.17) is 9.84 Å². The van der Waals surface area contributed by atoms with Gasteiger partial charge >= 0.3 is 5.97 Å². The maximum absolute atomic E-state index is 10.5. The van der Waals surface area contributed by atoms with Gasteiger partial charge in [0.1, 0.15) is 5.75 Å². The maximum atomic E-state index is 10.5. The van der Waals surface area contributed by atoms with Gasteiger partial charge in [0.2, 0.25) is 0 Å². The van der Waals surface area contributed by atoms with Gasteiger partial charge in [-0.2, -0.15) is 0 Å². The molecule has 0 bridgehead atoms. The number of benzene rings is 1. The molecular weight excluding hydrogens is 204 g/mol. The Kier molecular flexibility index (Phi) is 4.11. The molecule has 16 heavy (non-hydrogen) atoms. The van der Waals surface area contributed by atoms with Gasteiger partial charge in [-0.3, -0.25) is 0 Å². The van der Waals surface area contributed by atoms with Gasteiger partial charge in [0, 0.05) is 11.6 Å². The van der Waals surface area contributed by atoms with Crippen molar-refractivity contribution < 1.29 is 14.6 Å². The fraction of sp³-hybridized carbons (Fsp3) is 0.308. The van der Waals surface area contributed by atoms with E-state index >= 15 is 0 Å². The molecule has 0 radical (unpaired) electrons. The van der Waals surface area contributed by atoms with Crippen LogP contribution in [-0.4, -0.2) is 18.2 Å². The van der Waals surface area contributed by atoms with Crippen molar-refractivity contribution in [3.8, 4) is 5.75 Å². The molecule has 0 spiro atoms. The van der Waals surface area contributed by atoms with E-state index in [9.17, 15) is 4.79 Å². The third kappa shape index (κ3) is 2.86. The first kappa shape index (κ1) is 12.3. The summed E-state index contributed by atoms with van der Waals surface area (Å²) in [6, 6.07) is 5.62. The second kappa shape index (κ2) is 5.35. The van der Waals surface area contributed by atoms with Gasteiger partial charge < -0.3 is 9.84 Å². The Morgan fingerprint density at radius 3 is 2.62 bits per heavy atom. The largest absolute Gasteiger partial charge is 0.496 e. The van der Waals surface area contributed by atoms with E-state index in [-0.39, 0.29) is 5.92 Å². The van der Waals surface area contributed by atoms with Gasteiger partial charge in [-0.05, 0) is 23.6 Å². The van der Waals surface area contributed by atoms with E-state index < -0.39 is 5.97 Å². The molecule has 0 amide bonds. The summed E-state index contributed by atoms with van der Waals surface area (Å²) >= 11 is 0. The van der Waals surface area contributed by atoms with E-state index in [1.54, 1.807) is 13.2 Å². The molecule has 1 aromatic rings. The zero-order chi connectivity index (χ0) is 12.1. The normalized spacial score (nSPS) is 11.0. The van der Waals surface area contributed by atoms with Gasteiger partial charge in [0.15, 0.2) is 0 Å². The molecule has 3 nitrogen and oxygen atoms in total. The van der Waals surface area contributed by atoms with Gasteiger partial charge in [0.25, 0.3) is 0 Å². The van der Waals surface area contributed by atoms with Crippen molar-refractivity contribution >= 4 is 12.0 Å². The quantitative estimate of drug-likeness (QED) is 0.793. The summed E-state index contributed by atoms with van der Waals surface area (Å²) in [5, 5.41) is 8.61. The molecule has 0 aliphatic rings. The lowest BCUT2D eigenvalue weighted by molar-refractivity contribution is -0.131. The number of methoxy groups -OCH3 is 1. The first-order valence-electron chi connectivity index (χ1n) is 5.14. The van der Waals surface area contributed by atoms with Crippen molar-refractivity contribution in [2.45, 2.75) is 19.8 Å². The highest BCUT2D eigenvalue weighted by Crippen LogP contribution is 2.30. The Bertz CT molecular complexity index is 406. The number of hydrogen-bond acceptors (Lipinski definition) is 2. The molecule has 0 aliphatic carbocycles. The van der Waals surface area contributed by atoms with E-state index in [1.807, 2.05) is 18.2 Å². The number of rotatable bonds is 4. The van der Waals surface area contributed by atoms with Crippen molar-refractivity contribution in [3.05, 3.63) is 35.4 Å². The van der Waals surface area contributed by atoms with Gasteiger partial charge in [-0.1, -0.05) is 26.0 Å². The fourth-order valence-corrected chi connectivity index (χ4v) is 1.66. The van der Waals surface area contributed by atoms with Crippen LogP contribution in [0.25, 0.3) is 6.08 Å². The van der Waals surface area contributed by atoms with Gasteiger partial charge in [-0.15, -0.1) is 0 Å². The molecule has 0 aromatic heterocycles. The first-order valence-corrected chi connectivity index (χ1v) is 5.14. The number of carbonyl (C=O) groups is 1. The molecule has 1 aromatic carbocycles. The number of carboxylic acids is 1. The van der Waals surface area contributed by atoms with E-state index in [0.717, 1.165) is 23.0 Å². The predicted octanol–water partition coefficient (Wildman–Crippen LogP) is 2.92. The Morgan fingerprint density at radius 1 is 1.44 bits per heavy atom. The van der Waals surface area contributed by atoms with Crippen molar-refractivity contribution in [2.75, 3.05) is 7.11 Å². The lowest BCUT2D eigenvalue weighted by Crippen LogP contribution is -1.97. The Labute approximate surface area is 95.4 Å². The lowest BCUT2D eigenvalue weighted by Gasteiger charge is -2.14. The molecule has 0 saturated heterocycles. The van der Waals surface area contributed by atoms with Crippen LogP contribution in [0.1, 0.15) is 30.9 Å². The minimum atomic E-state index is -0.947. The van der Waals surface area contributed by atoms with Crippen molar-refractivity contribution in [3.63, 3.8) is 0 Å². The van der Waals surface area contributed by atoms with Crippen LogP contribution >= 0.6 is 0 Å². The van der Waals surface area contributed by atoms with E-state index in [1.165, 1.54) is 0 Å². The number of ether oxygens (including phenoxy) is 1. The van der Waals surface area contributed by atoms with Crippen LogP contribution in [0.5, 0.6) is 5.75 Å². The minimum Gasteiger partial charge on any atom is -0.496 e. The van der Waals surface area contributed by atoms with Crippen LogP contribution in [0.2, 0.25) is 0 Å². The molecule has 0 fully saturated rings. The zero-order valence-corrected chi connectivity index (χ0v) is 9.73. The summed E-state index contributed by atoms with van der Waals surface area (Å²) < 4.78 is 5.27. The summed E-state index contributed by atoms with van der Waals surface area (Å²) in [7, 11) is 1.62. The second-order valence-electron chi connectivity index (χ2n) is 3.79. The van der Waals surface area contributed by atoms with Gasteiger partial charge in [-0.25, -0.2) is 4.79 Å². The number of hydrogen-bond donors (Lipinski definition) is 1. The fourth-order valence-electron chi connectivity index (χ4n) is 1.66. The molecule has 0 saturated carbocycles. The lowest BCUT2D eigenvalue weighted by atomic mass is 9.96. The molecule has 0 aliphatic heterocycles. The highest BCUT2D eigenvalue weighted by Gasteiger charge is 2.10. The van der Waals surface area contributed by atoms with Crippen LogP contribution in [0.4, 0.5) is 0 Å². The molecular formula is C13H16O3. The first-order chi connectivity index (χ1) is 7.56. The Hall–Kier alpha value is -1.77. The standard InChI is InChI=1S/C13H16O3/c1-9(2)13-10(7-8-12(14)15)5-4-6-11(13)16-3/h4-9H,1-3H3,(H,14,15)/b8-7+. The molecule has 0 unspecified atom stereocenters. The highest BCUT2D eigenvalue weighted by atomic mass is 16.5. The number of aliphatic carboxylic acids is 1. The van der Waals surface area contributed by atoms with Crippen LogP contribution in [0.15, 0.2) is 24.3 Å². The van der Waals surface area contributed by atoms with Crippen molar-refractivity contribution in [2.24, 2.45) is 0 Å². The van der Waals surface area contributed by atoms with Crippen molar-refractivity contribution in [1.29, 1.82) is 0 Å². The maximum Gasteiger partial charge on any atom is 0.328 e. The molecule has 3 heteroatoms. The summed E-state index contributed by atoms with van der Waals surface area (Å²) in [5.41, 5.74) is 1.92. The van der Waals surface area contributed by atoms with Crippen molar-refractivity contribution in [1.82, 2.24) is 0 Å². The van der Waals surface area contributed by atoms with Crippen LogP contribution < -0.4 is 4.74 Å². The Morgan fingerprint density at radius 2 is 2.12 bits per heavy atom. The number of carboxylic acid groups (broad SMARTS) is 1. The monoisotopic (exact) mass is 220 g/mol. The third-order valence-corrected chi connectivity index (χ3v) is 2.30. The van der Waals surface area contributed by atoms with E-state index in [0.29, 0.717) is 0 Å². The van der Waals surface area contributed by atoms with Crippen LogP contribution in [0, 0.1) is 0 Å². The van der Waals surface area contributed by atoms with Crippen LogP contribution in [0.3, 0.4) is 0 Å². The molecule has 1 N–H and O–H groups in total. The SMILES string of the molecule is COc1cccc(/C=C/C(=O)O)c1C(C)C.